The number of likely N-dealkylation sites (tertiary alicyclic amines) is 1. The van der Waals surface area contributed by atoms with Gasteiger partial charge in [0.1, 0.15) is 22.3 Å². The van der Waals surface area contributed by atoms with Crippen LogP contribution in [0, 0.1) is 5.92 Å². The van der Waals surface area contributed by atoms with E-state index in [0.29, 0.717) is 13.2 Å². The number of aromatic nitrogens is 2. The fraction of sp³-hybridized carbons (Fsp3) is 0.583. The number of ether oxygens (including phenoxy) is 3. The number of nitrogens with one attached hydrogen (secondary N) is 3. The van der Waals surface area contributed by atoms with Crippen LogP contribution in [-0.4, -0.2) is 95.3 Å². The van der Waals surface area contributed by atoms with Crippen LogP contribution in [0.1, 0.15) is 77.2 Å². The molecule has 3 N–H and O–H groups in total. The van der Waals surface area contributed by atoms with Crippen molar-refractivity contribution in [3.05, 3.63) is 41.9 Å². The Morgan fingerprint density at radius 3 is 2.38 bits per heavy atom. The first-order chi connectivity index (χ1) is 24.8. The van der Waals surface area contributed by atoms with Crippen molar-refractivity contribution in [1.29, 1.82) is 0 Å². The summed E-state index contributed by atoms with van der Waals surface area (Å²) in [4.78, 5) is 51.8. The summed E-state index contributed by atoms with van der Waals surface area (Å²) in [7, 11) is 0. The summed E-state index contributed by atoms with van der Waals surface area (Å²) < 4.78 is 65.0. The van der Waals surface area contributed by atoms with Crippen LogP contribution in [0.3, 0.4) is 0 Å². The molecule has 0 radical (unpaired) electrons. The zero-order chi connectivity index (χ0) is 38.7. The van der Waals surface area contributed by atoms with E-state index < -0.39 is 54.0 Å². The fourth-order valence-corrected chi connectivity index (χ4v) is 6.43. The molecule has 3 aromatic rings. The lowest BCUT2D eigenvalue weighted by Crippen LogP contribution is -2.54. The van der Waals surface area contributed by atoms with Gasteiger partial charge in [-0.3, -0.25) is 25.0 Å². The van der Waals surface area contributed by atoms with E-state index in [4.69, 9.17) is 18.6 Å². The minimum atomic E-state index is -4.56. The highest BCUT2D eigenvalue weighted by Gasteiger charge is 2.45. The van der Waals surface area contributed by atoms with Crippen LogP contribution in [0.2, 0.25) is 0 Å². The van der Waals surface area contributed by atoms with E-state index in [1.807, 2.05) is 6.92 Å². The van der Waals surface area contributed by atoms with Crippen LogP contribution < -0.4 is 20.9 Å². The van der Waals surface area contributed by atoms with E-state index in [2.05, 4.69) is 30.8 Å². The van der Waals surface area contributed by atoms with Crippen molar-refractivity contribution in [2.45, 2.75) is 97.4 Å². The Labute approximate surface area is 306 Å². The van der Waals surface area contributed by atoms with Crippen LogP contribution in [0.15, 0.2) is 35.1 Å². The maximum Gasteiger partial charge on any atom is 0.414 e. The normalized spacial score (nSPS) is 20.0. The SMILES string of the molecule is CCOC1CCN(Cc2cnc3c(C(=O)Nc4cnccc4N4CC(NC(=O)OC(C)(C)C)CC(C(F)(F)F)C4)c(NC(=O)OC(C)(C)C)oc3c2)C1. The molecule has 17 heteroatoms. The predicted octanol–water partition coefficient (Wildman–Crippen LogP) is 6.71. The number of alkyl carbamates (subject to hydrolysis) is 1. The molecule has 3 aromatic heterocycles. The first-order valence-electron chi connectivity index (χ1n) is 17.6. The van der Waals surface area contributed by atoms with Crippen molar-refractivity contribution < 1.29 is 46.2 Å². The molecule has 14 nitrogen and oxygen atoms in total. The maximum atomic E-state index is 14.2. The number of nitrogens with zero attached hydrogens (tertiary/aromatic N) is 4. The molecule has 2 saturated heterocycles. The third kappa shape index (κ3) is 10.7. The summed E-state index contributed by atoms with van der Waals surface area (Å²) in [6.07, 6.45) is -1.26. The van der Waals surface area contributed by atoms with Gasteiger partial charge in [-0.2, -0.15) is 13.2 Å². The lowest BCUT2D eigenvalue weighted by molar-refractivity contribution is -0.177. The Morgan fingerprint density at radius 2 is 1.70 bits per heavy atom. The monoisotopic (exact) mass is 747 g/mol. The van der Waals surface area contributed by atoms with Gasteiger partial charge in [0.15, 0.2) is 5.58 Å². The van der Waals surface area contributed by atoms with Crippen molar-refractivity contribution in [2.75, 3.05) is 48.3 Å². The molecular formula is C36H48F3N7O7. The summed E-state index contributed by atoms with van der Waals surface area (Å²) in [5.74, 6) is -2.79. The molecule has 290 valence electrons. The number of carbonyl (C=O) groups excluding carboxylic acids is 3. The molecule has 2 aliphatic heterocycles. The molecular weight excluding hydrogens is 699 g/mol. The number of anilines is 3. The minimum absolute atomic E-state index is 0.00847. The summed E-state index contributed by atoms with van der Waals surface area (Å²) in [5.41, 5.74) is -0.325. The second-order valence-electron chi connectivity index (χ2n) is 15.3. The van der Waals surface area contributed by atoms with E-state index in [0.717, 1.165) is 25.1 Å². The molecule has 0 spiro atoms. The molecule has 0 saturated carbocycles. The zero-order valence-electron chi connectivity index (χ0n) is 31.1. The van der Waals surface area contributed by atoms with Gasteiger partial charge in [-0.25, -0.2) is 9.59 Å². The van der Waals surface area contributed by atoms with Crippen molar-refractivity contribution in [1.82, 2.24) is 20.2 Å². The Hall–Kier alpha value is -4.64. The second kappa shape index (κ2) is 15.8. The summed E-state index contributed by atoms with van der Waals surface area (Å²) in [6.45, 7) is 14.3. The van der Waals surface area contributed by atoms with Gasteiger partial charge in [0.25, 0.3) is 5.91 Å². The van der Waals surface area contributed by atoms with Gasteiger partial charge in [0.2, 0.25) is 5.88 Å². The molecule has 2 aliphatic rings. The van der Waals surface area contributed by atoms with Crippen LogP contribution in [0.25, 0.3) is 11.1 Å². The molecule has 0 aliphatic carbocycles. The third-order valence-corrected chi connectivity index (χ3v) is 8.49. The predicted molar refractivity (Wildman–Crippen MR) is 191 cm³/mol. The molecule has 0 aromatic carbocycles. The second-order valence-corrected chi connectivity index (χ2v) is 15.3. The van der Waals surface area contributed by atoms with Crippen LogP contribution in [0.5, 0.6) is 0 Å². The first kappa shape index (κ1) is 39.6. The van der Waals surface area contributed by atoms with E-state index in [9.17, 15) is 27.6 Å². The van der Waals surface area contributed by atoms with E-state index >= 15 is 0 Å². The van der Waals surface area contributed by atoms with Gasteiger partial charge in [-0.15, -0.1) is 0 Å². The number of rotatable bonds is 9. The van der Waals surface area contributed by atoms with Crippen molar-refractivity contribution in [3.63, 3.8) is 0 Å². The average Bonchev–Trinajstić information content (AvgIpc) is 3.62. The number of pyridine rings is 2. The molecule has 0 bridgehead atoms. The smallest absolute Gasteiger partial charge is 0.414 e. The standard InChI is InChI=1S/C36H48F3N7O7/c1-8-50-24-10-12-45(20-24)17-21-13-27-29(41-15-21)28(31(51-27)44-33(49)53-35(5,6)7)30(47)43-25-16-40-11-9-26(25)46-18-22(36(37,38)39)14-23(19-46)42-32(48)52-34(2,3)4/h9,11,13,15-16,22-24H,8,10,12,14,17-20H2,1-7H3,(H,42,48)(H,43,47)(H,44,49). The molecule has 5 heterocycles. The van der Waals surface area contributed by atoms with E-state index in [-0.39, 0.29) is 53.0 Å². The zero-order valence-corrected chi connectivity index (χ0v) is 31.1. The fourth-order valence-electron chi connectivity index (χ4n) is 6.43. The van der Waals surface area contributed by atoms with Crippen LogP contribution >= 0.6 is 0 Å². The van der Waals surface area contributed by atoms with Crippen molar-refractivity contribution in [3.8, 4) is 0 Å². The molecule has 5 rings (SSSR count). The number of piperidine rings is 1. The van der Waals surface area contributed by atoms with E-state index in [1.165, 1.54) is 23.4 Å². The summed E-state index contributed by atoms with van der Waals surface area (Å²) in [6, 6.07) is 2.30. The topological polar surface area (TPSA) is 160 Å². The highest BCUT2D eigenvalue weighted by atomic mass is 19.4. The summed E-state index contributed by atoms with van der Waals surface area (Å²) in [5, 5.41) is 7.83. The Kier molecular flexibility index (Phi) is 11.8. The lowest BCUT2D eigenvalue weighted by atomic mass is 9.93. The quantitative estimate of drug-likeness (QED) is 0.213. The number of amides is 3. The Morgan fingerprint density at radius 1 is 0.981 bits per heavy atom. The van der Waals surface area contributed by atoms with Crippen molar-refractivity contribution in [2.24, 2.45) is 5.92 Å². The lowest BCUT2D eigenvalue weighted by Gasteiger charge is -2.40. The number of halogens is 3. The van der Waals surface area contributed by atoms with Gasteiger partial charge in [-0.05, 0) is 79.0 Å². The molecule has 53 heavy (non-hydrogen) atoms. The minimum Gasteiger partial charge on any atom is -0.444 e. The number of carbonyl (C=O) groups is 3. The van der Waals surface area contributed by atoms with Crippen molar-refractivity contribution >= 4 is 46.5 Å². The highest BCUT2D eigenvalue weighted by Crippen LogP contribution is 2.38. The van der Waals surface area contributed by atoms with E-state index in [1.54, 1.807) is 53.8 Å². The van der Waals surface area contributed by atoms with Gasteiger partial charge >= 0.3 is 18.4 Å². The number of hydrogen-bond acceptors (Lipinski definition) is 11. The average molecular weight is 748 g/mol. The largest absolute Gasteiger partial charge is 0.444 e. The van der Waals surface area contributed by atoms with Crippen LogP contribution in [0.4, 0.5) is 40.0 Å². The van der Waals surface area contributed by atoms with Crippen LogP contribution in [-0.2, 0) is 20.8 Å². The Bertz CT molecular complexity index is 1790. The maximum absolute atomic E-state index is 14.2. The molecule has 3 amide bonds. The molecule has 2 fully saturated rings. The van der Waals surface area contributed by atoms with Gasteiger partial charge < -0.3 is 34.2 Å². The van der Waals surface area contributed by atoms with Gasteiger partial charge in [0.05, 0.1) is 35.6 Å². The highest BCUT2D eigenvalue weighted by molar-refractivity contribution is 6.16. The number of hydrogen-bond donors (Lipinski definition) is 3. The number of fused-ring (bicyclic) bond motifs is 1. The molecule has 3 unspecified atom stereocenters. The number of alkyl halides is 3. The third-order valence-electron chi connectivity index (χ3n) is 8.49. The van der Waals surface area contributed by atoms with Gasteiger partial charge in [-0.1, -0.05) is 0 Å². The summed E-state index contributed by atoms with van der Waals surface area (Å²) >= 11 is 0. The number of furan rings is 1. The van der Waals surface area contributed by atoms with Gasteiger partial charge in [0, 0.05) is 51.7 Å². The first-order valence-corrected chi connectivity index (χ1v) is 17.6. The Balaban J connectivity index is 1.43. The molecule has 3 atom stereocenters.